The maximum absolute atomic E-state index is 6.60. The van der Waals surface area contributed by atoms with Crippen LogP contribution in [-0.2, 0) is 18.9 Å². The van der Waals surface area contributed by atoms with E-state index in [4.69, 9.17) is 24.7 Å². The van der Waals surface area contributed by atoms with Crippen molar-refractivity contribution < 1.29 is 18.9 Å². The molecule has 0 amide bonds. The molecule has 0 unspecified atom stereocenters. The van der Waals surface area contributed by atoms with Gasteiger partial charge in [0.25, 0.3) is 0 Å². The van der Waals surface area contributed by atoms with E-state index >= 15 is 0 Å². The first-order valence-electron chi connectivity index (χ1n) is 9.69. The first kappa shape index (κ1) is 23.8. The molecule has 0 saturated carbocycles. The van der Waals surface area contributed by atoms with Crippen molar-refractivity contribution in [2.45, 2.75) is 70.8 Å². The van der Waals surface area contributed by atoms with E-state index in [1.165, 1.54) is 25.7 Å². The topological polar surface area (TPSA) is 62.9 Å². The zero-order valence-electron chi connectivity index (χ0n) is 16.3. The van der Waals surface area contributed by atoms with Gasteiger partial charge in [-0.2, -0.15) is 0 Å². The first-order valence-corrected chi connectivity index (χ1v) is 9.69. The van der Waals surface area contributed by atoms with Crippen LogP contribution in [0.5, 0.6) is 0 Å². The zero-order valence-corrected chi connectivity index (χ0v) is 16.3. The molecule has 0 aromatic heterocycles. The highest BCUT2D eigenvalue weighted by atomic mass is 16.6. The lowest BCUT2D eigenvalue weighted by Gasteiger charge is -2.29. The van der Waals surface area contributed by atoms with E-state index < -0.39 is 0 Å². The highest BCUT2D eigenvalue weighted by Gasteiger charge is 2.22. The predicted molar refractivity (Wildman–Crippen MR) is 99.5 cm³/mol. The summed E-state index contributed by atoms with van der Waals surface area (Å²) < 4.78 is 21.3. The Kier molecular flexibility index (Phi) is 17.5. The summed E-state index contributed by atoms with van der Waals surface area (Å²) in [4.78, 5) is 0. The van der Waals surface area contributed by atoms with E-state index in [0.29, 0.717) is 39.6 Å². The van der Waals surface area contributed by atoms with Crippen LogP contribution < -0.4 is 5.73 Å². The fourth-order valence-corrected chi connectivity index (χ4v) is 2.64. The van der Waals surface area contributed by atoms with Crippen molar-refractivity contribution in [3.63, 3.8) is 0 Å². The number of ether oxygens (including phenoxy) is 4. The molecule has 5 nitrogen and oxygen atoms in total. The Labute approximate surface area is 149 Å². The standard InChI is InChI=1S/C19H41NO4/c1-4-6-9-19(20,10-7-5-2)11-8-12-22-15-16-24-18-17-23-14-13-21-3/h4-18,20H2,1-3H3. The molecule has 0 bridgehead atoms. The molecule has 0 fully saturated rings. The molecule has 0 spiro atoms. The number of unbranched alkanes of at least 4 members (excludes halogenated alkanes) is 2. The van der Waals surface area contributed by atoms with E-state index in [0.717, 1.165) is 32.3 Å². The molecule has 0 aromatic carbocycles. The average Bonchev–Trinajstić information content (AvgIpc) is 2.59. The molecule has 0 rings (SSSR count). The Morgan fingerprint density at radius 2 is 1.04 bits per heavy atom. The molecule has 2 N–H and O–H groups in total. The van der Waals surface area contributed by atoms with Gasteiger partial charge in [-0.25, -0.2) is 0 Å². The summed E-state index contributed by atoms with van der Waals surface area (Å²) in [7, 11) is 1.67. The van der Waals surface area contributed by atoms with Crippen molar-refractivity contribution in [3.8, 4) is 0 Å². The second-order valence-corrected chi connectivity index (χ2v) is 6.50. The molecule has 0 aliphatic rings. The summed E-state index contributed by atoms with van der Waals surface area (Å²) in [6.07, 6.45) is 9.24. The van der Waals surface area contributed by atoms with Crippen LogP contribution in [0, 0.1) is 0 Å². The van der Waals surface area contributed by atoms with Gasteiger partial charge in [0.2, 0.25) is 0 Å². The van der Waals surface area contributed by atoms with Crippen LogP contribution in [-0.4, -0.2) is 58.9 Å². The first-order chi connectivity index (χ1) is 11.7. The molecular weight excluding hydrogens is 306 g/mol. The summed E-state index contributed by atoms with van der Waals surface area (Å²) >= 11 is 0. The second kappa shape index (κ2) is 17.6. The van der Waals surface area contributed by atoms with Crippen LogP contribution in [0.15, 0.2) is 0 Å². The second-order valence-electron chi connectivity index (χ2n) is 6.50. The molecule has 146 valence electrons. The van der Waals surface area contributed by atoms with Gasteiger partial charge in [0.15, 0.2) is 0 Å². The van der Waals surface area contributed by atoms with Gasteiger partial charge >= 0.3 is 0 Å². The SMILES string of the molecule is CCCCC(N)(CCCC)CCCOCCOCCOCCOC. The van der Waals surface area contributed by atoms with Crippen molar-refractivity contribution in [2.75, 3.05) is 53.4 Å². The zero-order chi connectivity index (χ0) is 17.9. The smallest absolute Gasteiger partial charge is 0.0701 e. The Morgan fingerprint density at radius 3 is 1.50 bits per heavy atom. The highest BCUT2D eigenvalue weighted by molar-refractivity contribution is 4.83. The largest absolute Gasteiger partial charge is 0.382 e. The Bertz CT molecular complexity index is 244. The third-order valence-corrected chi connectivity index (χ3v) is 4.20. The highest BCUT2D eigenvalue weighted by Crippen LogP contribution is 2.24. The van der Waals surface area contributed by atoms with Gasteiger partial charge in [-0.05, 0) is 25.7 Å². The van der Waals surface area contributed by atoms with Gasteiger partial charge in [0, 0.05) is 19.3 Å². The van der Waals surface area contributed by atoms with Gasteiger partial charge in [-0.3, -0.25) is 0 Å². The van der Waals surface area contributed by atoms with Crippen LogP contribution in [0.2, 0.25) is 0 Å². The molecular formula is C19H41NO4. The minimum absolute atomic E-state index is 0.00538. The number of hydrogen-bond acceptors (Lipinski definition) is 5. The Hall–Kier alpha value is -0.200. The maximum atomic E-state index is 6.60. The van der Waals surface area contributed by atoms with Crippen molar-refractivity contribution >= 4 is 0 Å². The lowest BCUT2D eigenvalue weighted by molar-refractivity contribution is 0.00274. The van der Waals surface area contributed by atoms with Gasteiger partial charge < -0.3 is 24.7 Å². The molecule has 0 radical (unpaired) electrons. The minimum Gasteiger partial charge on any atom is -0.382 e. The maximum Gasteiger partial charge on any atom is 0.0701 e. The third kappa shape index (κ3) is 15.3. The molecule has 5 heteroatoms. The van der Waals surface area contributed by atoms with E-state index in [9.17, 15) is 0 Å². The number of nitrogens with two attached hydrogens (primary N) is 1. The summed E-state index contributed by atoms with van der Waals surface area (Å²) in [6, 6.07) is 0. The van der Waals surface area contributed by atoms with E-state index in [2.05, 4.69) is 13.8 Å². The predicted octanol–water partition coefficient (Wildman–Crippen LogP) is 3.54. The molecule has 0 saturated heterocycles. The van der Waals surface area contributed by atoms with Gasteiger partial charge in [-0.15, -0.1) is 0 Å². The molecule has 0 aliphatic heterocycles. The molecule has 0 heterocycles. The Balaban J connectivity index is 3.50. The van der Waals surface area contributed by atoms with Gasteiger partial charge in [-0.1, -0.05) is 39.5 Å². The number of rotatable bonds is 19. The average molecular weight is 348 g/mol. The van der Waals surface area contributed by atoms with Crippen molar-refractivity contribution in [3.05, 3.63) is 0 Å². The fraction of sp³-hybridized carbons (Fsp3) is 1.00. The van der Waals surface area contributed by atoms with Crippen LogP contribution >= 0.6 is 0 Å². The lowest BCUT2D eigenvalue weighted by atomic mass is 9.84. The van der Waals surface area contributed by atoms with Crippen LogP contribution in [0.1, 0.15) is 65.2 Å². The van der Waals surface area contributed by atoms with E-state index in [-0.39, 0.29) is 5.54 Å². The van der Waals surface area contributed by atoms with Crippen molar-refractivity contribution in [2.24, 2.45) is 5.73 Å². The molecule has 0 aromatic rings. The fourth-order valence-electron chi connectivity index (χ4n) is 2.64. The number of hydrogen-bond donors (Lipinski definition) is 1. The number of methoxy groups -OCH3 is 1. The minimum atomic E-state index is 0.00538. The quantitative estimate of drug-likeness (QED) is 0.362. The third-order valence-electron chi connectivity index (χ3n) is 4.20. The van der Waals surface area contributed by atoms with Crippen LogP contribution in [0.4, 0.5) is 0 Å². The van der Waals surface area contributed by atoms with Gasteiger partial charge in [0.1, 0.15) is 0 Å². The van der Waals surface area contributed by atoms with Crippen LogP contribution in [0.3, 0.4) is 0 Å². The monoisotopic (exact) mass is 347 g/mol. The summed E-state index contributed by atoms with van der Waals surface area (Å²) in [6.45, 7) is 8.94. The van der Waals surface area contributed by atoms with E-state index in [1.807, 2.05) is 0 Å². The van der Waals surface area contributed by atoms with Gasteiger partial charge in [0.05, 0.1) is 39.6 Å². The van der Waals surface area contributed by atoms with Crippen LogP contribution in [0.25, 0.3) is 0 Å². The summed E-state index contributed by atoms with van der Waals surface area (Å²) in [5.41, 5.74) is 6.60. The lowest BCUT2D eigenvalue weighted by Crippen LogP contribution is -2.40. The summed E-state index contributed by atoms with van der Waals surface area (Å²) in [5, 5.41) is 0. The molecule has 24 heavy (non-hydrogen) atoms. The Morgan fingerprint density at radius 1 is 0.625 bits per heavy atom. The molecule has 0 aliphatic carbocycles. The normalized spacial score (nSPS) is 12.0. The summed E-state index contributed by atoms with van der Waals surface area (Å²) in [5.74, 6) is 0. The van der Waals surface area contributed by atoms with E-state index in [1.54, 1.807) is 7.11 Å². The van der Waals surface area contributed by atoms with Crippen molar-refractivity contribution in [1.29, 1.82) is 0 Å². The van der Waals surface area contributed by atoms with Crippen molar-refractivity contribution in [1.82, 2.24) is 0 Å². The molecule has 0 atom stereocenters.